The first-order chi connectivity index (χ1) is 15.7. The molecule has 0 radical (unpaired) electrons. The first-order valence-electron chi connectivity index (χ1n) is 11.0. The summed E-state index contributed by atoms with van der Waals surface area (Å²) >= 11 is 0. The lowest BCUT2D eigenvalue weighted by Crippen LogP contribution is -2.45. The molecular weight excluding hydrogens is 424 g/mol. The highest BCUT2D eigenvalue weighted by molar-refractivity contribution is 5.81. The number of fused-ring (bicyclic) bond motifs is 3. The molecule has 1 aliphatic carbocycles. The molecule has 0 heterocycles. The van der Waals surface area contributed by atoms with E-state index in [0.29, 0.717) is 0 Å². The zero-order valence-electron chi connectivity index (χ0n) is 18.9. The summed E-state index contributed by atoms with van der Waals surface area (Å²) in [4.78, 5) is 36.9. The number of nitrogens with one attached hydrogen (secondary N) is 1. The average Bonchev–Trinajstić information content (AvgIpc) is 3.09. The lowest BCUT2D eigenvalue weighted by Gasteiger charge is -2.27. The average molecular weight is 455 g/mol. The van der Waals surface area contributed by atoms with E-state index in [-0.39, 0.29) is 38.5 Å². The van der Waals surface area contributed by atoms with Crippen LogP contribution in [0.5, 0.6) is 0 Å². The van der Waals surface area contributed by atoms with E-state index < -0.39 is 30.1 Å². The minimum Gasteiger partial charge on any atom is -0.480 e. The number of carbonyl (C=O) groups excluding carboxylic acids is 2. The monoisotopic (exact) mass is 454 g/mol. The molecule has 2 aromatic rings. The van der Waals surface area contributed by atoms with Gasteiger partial charge in [0, 0.05) is 24.4 Å². The minimum absolute atomic E-state index is 0.0317. The standard InChI is InChI=1S/C25H30N2O6/c1-25(2,12-11-22(29)27(13-14-28)15-23(30)31)26-24(32)33-16-21-19-9-5-3-7-17(19)18-8-4-6-10-20(18)21/h3-10,21,28H,11-16H2,1-2H3,(H,26,32)(H,30,31). The Kier molecular flexibility index (Phi) is 7.71. The van der Waals surface area contributed by atoms with Crippen LogP contribution in [0.1, 0.15) is 43.7 Å². The van der Waals surface area contributed by atoms with Crippen molar-refractivity contribution in [3.63, 3.8) is 0 Å². The number of nitrogens with zero attached hydrogens (tertiary/aromatic N) is 1. The number of carboxylic acids is 1. The van der Waals surface area contributed by atoms with Crippen LogP contribution in [0.3, 0.4) is 0 Å². The van der Waals surface area contributed by atoms with Gasteiger partial charge in [0.15, 0.2) is 0 Å². The van der Waals surface area contributed by atoms with Gasteiger partial charge in [0.1, 0.15) is 13.2 Å². The molecule has 3 rings (SSSR count). The number of aliphatic hydroxyl groups is 1. The minimum atomic E-state index is -1.15. The van der Waals surface area contributed by atoms with E-state index in [1.165, 1.54) is 0 Å². The molecule has 0 saturated carbocycles. The van der Waals surface area contributed by atoms with Crippen LogP contribution in [0.15, 0.2) is 48.5 Å². The van der Waals surface area contributed by atoms with E-state index in [1.807, 2.05) is 36.4 Å². The molecule has 1 aliphatic rings. The lowest BCUT2D eigenvalue weighted by atomic mass is 9.98. The summed E-state index contributed by atoms with van der Waals surface area (Å²) in [5, 5.41) is 20.8. The Morgan fingerprint density at radius 1 is 1.03 bits per heavy atom. The molecule has 0 bridgehead atoms. The van der Waals surface area contributed by atoms with E-state index in [9.17, 15) is 14.4 Å². The zero-order chi connectivity index (χ0) is 24.0. The van der Waals surface area contributed by atoms with Gasteiger partial charge in [-0.1, -0.05) is 48.5 Å². The van der Waals surface area contributed by atoms with Crippen LogP contribution in [-0.4, -0.2) is 64.9 Å². The molecule has 176 valence electrons. The summed E-state index contributed by atoms with van der Waals surface area (Å²) in [5.41, 5.74) is 3.80. The van der Waals surface area contributed by atoms with Gasteiger partial charge in [0.25, 0.3) is 0 Å². The maximum atomic E-state index is 12.5. The highest BCUT2D eigenvalue weighted by Crippen LogP contribution is 2.44. The Labute approximate surface area is 193 Å². The molecule has 0 fully saturated rings. The molecule has 8 heteroatoms. The van der Waals surface area contributed by atoms with Crippen LogP contribution in [-0.2, 0) is 14.3 Å². The topological polar surface area (TPSA) is 116 Å². The molecule has 2 aromatic carbocycles. The molecule has 0 aromatic heterocycles. The predicted octanol–water partition coefficient (Wildman–Crippen LogP) is 2.99. The van der Waals surface area contributed by atoms with E-state index in [2.05, 4.69) is 17.4 Å². The molecule has 0 saturated heterocycles. The third kappa shape index (κ3) is 6.10. The SMILES string of the molecule is CC(C)(CCC(=O)N(CCO)CC(=O)O)NC(=O)OCC1c2ccccc2-c2ccccc21. The number of hydrogen-bond donors (Lipinski definition) is 3. The second-order valence-corrected chi connectivity index (χ2v) is 8.77. The molecule has 2 amide bonds. The van der Waals surface area contributed by atoms with Crippen molar-refractivity contribution >= 4 is 18.0 Å². The predicted molar refractivity (Wildman–Crippen MR) is 123 cm³/mol. The fraction of sp³-hybridized carbons (Fsp3) is 0.400. The van der Waals surface area contributed by atoms with E-state index in [0.717, 1.165) is 27.2 Å². The second kappa shape index (κ2) is 10.5. The van der Waals surface area contributed by atoms with Crippen LogP contribution in [0.25, 0.3) is 11.1 Å². The smallest absolute Gasteiger partial charge is 0.407 e. The molecule has 0 spiro atoms. The number of ether oxygens (including phenoxy) is 1. The van der Waals surface area contributed by atoms with Gasteiger partial charge >= 0.3 is 12.1 Å². The Morgan fingerprint density at radius 3 is 2.15 bits per heavy atom. The summed E-state index contributed by atoms with van der Waals surface area (Å²) in [7, 11) is 0. The van der Waals surface area contributed by atoms with Gasteiger partial charge < -0.3 is 25.2 Å². The summed E-state index contributed by atoms with van der Waals surface area (Å²) in [5.74, 6) is -1.59. The first-order valence-corrected chi connectivity index (χ1v) is 11.0. The van der Waals surface area contributed by atoms with E-state index in [1.54, 1.807) is 13.8 Å². The Hall–Kier alpha value is -3.39. The number of hydrogen-bond acceptors (Lipinski definition) is 5. The van der Waals surface area contributed by atoms with Gasteiger partial charge in [-0.15, -0.1) is 0 Å². The third-order valence-electron chi connectivity index (χ3n) is 5.80. The highest BCUT2D eigenvalue weighted by Gasteiger charge is 2.30. The first kappa shape index (κ1) is 24.3. The van der Waals surface area contributed by atoms with Crippen molar-refractivity contribution in [1.29, 1.82) is 0 Å². The zero-order valence-corrected chi connectivity index (χ0v) is 18.9. The number of alkyl carbamates (subject to hydrolysis) is 1. The Morgan fingerprint density at radius 2 is 1.61 bits per heavy atom. The fourth-order valence-electron chi connectivity index (χ4n) is 4.13. The van der Waals surface area contributed by atoms with E-state index >= 15 is 0 Å². The van der Waals surface area contributed by atoms with Gasteiger partial charge in [-0.25, -0.2) is 4.79 Å². The number of carboxylic acid groups (broad SMARTS) is 1. The Balaban J connectivity index is 1.55. The van der Waals surface area contributed by atoms with Crippen LogP contribution >= 0.6 is 0 Å². The maximum Gasteiger partial charge on any atom is 0.407 e. The Bertz CT molecular complexity index is 974. The second-order valence-electron chi connectivity index (χ2n) is 8.77. The summed E-state index contributed by atoms with van der Waals surface area (Å²) in [6.07, 6.45) is -0.256. The van der Waals surface area contributed by atoms with Gasteiger partial charge in [-0.05, 0) is 42.5 Å². The number of carbonyl (C=O) groups is 3. The van der Waals surface area contributed by atoms with Crippen molar-refractivity contribution in [3.8, 4) is 11.1 Å². The number of benzene rings is 2. The van der Waals surface area contributed by atoms with Gasteiger partial charge in [0.05, 0.1) is 6.61 Å². The van der Waals surface area contributed by atoms with Gasteiger partial charge in [-0.2, -0.15) is 0 Å². The van der Waals surface area contributed by atoms with Crippen molar-refractivity contribution in [2.45, 2.75) is 38.1 Å². The lowest BCUT2D eigenvalue weighted by molar-refractivity contribution is -0.144. The molecule has 0 aliphatic heterocycles. The van der Waals surface area contributed by atoms with Crippen LogP contribution in [0.2, 0.25) is 0 Å². The third-order valence-corrected chi connectivity index (χ3v) is 5.80. The van der Waals surface area contributed by atoms with Crippen molar-refractivity contribution < 1.29 is 29.3 Å². The number of aliphatic carboxylic acids is 1. The number of rotatable bonds is 10. The number of aliphatic hydroxyl groups excluding tert-OH is 1. The maximum absolute atomic E-state index is 12.5. The molecule has 3 N–H and O–H groups in total. The van der Waals surface area contributed by atoms with Crippen LogP contribution in [0.4, 0.5) is 4.79 Å². The molecule has 0 unspecified atom stereocenters. The summed E-state index contributed by atoms with van der Waals surface area (Å²) in [6, 6.07) is 16.2. The van der Waals surface area contributed by atoms with Crippen molar-refractivity contribution in [2.24, 2.45) is 0 Å². The molecule has 0 atom stereocenters. The summed E-state index contributed by atoms with van der Waals surface area (Å²) < 4.78 is 5.56. The number of amides is 2. The summed E-state index contributed by atoms with van der Waals surface area (Å²) in [6.45, 7) is 2.90. The van der Waals surface area contributed by atoms with Crippen LogP contribution in [0, 0.1) is 0 Å². The van der Waals surface area contributed by atoms with Crippen molar-refractivity contribution in [2.75, 3.05) is 26.3 Å². The highest BCUT2D eigenvalue weighted by atomic mass is 16.5. The normalized spacial score (nSPS) is 12.6. The van der Waals surface area contributed by atoms with Gasteiger partial charge in [-0.3, -0.25) is 9.59 Å². The molecular formula is C25H30N2O6. The van der Waals surface area contributed by atoms with Crippen molar-refractivity contribution in [3.05, 3.63) is 59.7 Å². The fourth-order valence-corrected chi connectivity index (χ4v) is 4.13. The molecule has 8 nitrogen and oxygen atoms in total. The largest absolute Gasteiger partial charge is 0.480 e. The van der Waals surface area contributed by atoms with Crippen LogP contribution < -0.4 is 5.32 Å². The quantitative estimate of drug-likeness (QED) is 0.508. The van der Waals surface area contributed by atoms with E-state index in [4.69, 9.17) is 14.9 Å². The van der Waals surface area contributed by atoms with Gasteiger partial charge in [0.2, 0.25) is 5.91 Å². The molecule has 33 heavy (non-hydrogen) atoms. The van der Waals surface area contributed by atoms with Crippen molar-refractivity contribution in [1.82, 2.24) is 10.2 Å².